The molecule has 0 saturated carbocycles. The summed E-state index contributed by atoms with van der Waals surface area (Å²) in [6.45, 7) is 0.315. The Kier molecular flexibility index (Phi) is 6.94. The van der Waals surface area contributed by atoms with E-state index in [1.165, 1.54) is 24.3 Å². The highest BCUT2D eigenvalue weighted by Gasteiger charge is 2.11. The van der Waals surface area contributed by atoms with Gasteiger partial charge in [0.05, 0.1) is 20.8 Å². The molecule has 0 aliphatic carbocycles. The van der Waals surface area contributed by atoms with Gasteiger partial charge < -0.3 is 14.8 Å². The number of pyridine rings is 1. The molecular weight excluding hydrogens is 387 g/mol. The van der Waals surface area contributed by atoms with Crippen LogP contribution in [0.5, 0.6) is 11.5 Å². The van der Waals surface area contributed by atoms with Crippen molar-refractivity contribution < 1.29 is 18.7 Å². The maximum Gasteiger partial charge on any atom is 0.257 e. The fraction of sp³-hybridized carbons (Fsp3) is 0.136. The summed E-state index contributed by atoms with van der Waals surface area (Å²) in [6.07, 6.45) is 3.34. The summed E-state index contributed by atoms with van der Waals surface area (Å²) in [5, 5.41) is 5.81. The minimum absolute atomic E-state index is 0.219. The number of amides is 1. The lowest BCUT2D eigenvalue weighted by Gasteiger charge is -2.14. The van der Waals surface area contributed by atoms with Gasteiger partial charge in [-0.1, -0.05) is 0 Å². The van der Waals surface area contributed by atoms with Crippen molar-refractivity contribution in [3.63, 3.8) is 0 Å². The van der Waals surface area contributed by atoms with Crippen molar-refractivity contribution in [1.29, 1.82) is 0 Å². The fourth-order valence-electron chi connectivity index (χ4n) is 2.57. The van der Waals surface area contributed by atoms with Crippen LogP contribution in [0.3, 0.4) is 0 Å². The first-order valence-electron chi connectivity index (χ1n) is 9.08. The van der Waals surface area contributed by atoms with Gasteiger partial charge in [0.1, 0.15) is 17.3 Å². The first kappa shape index (κ1) is 20.8. The van der Waals surface area contributed by atoms with Gasteiger partial charge in [-0.15, -0.1) is 0 Å². The van der Waals surface area contributed by atoms with Crippen LogP contribution in [0, 0.1) is 5.82 Å². The number of anilines is 1. The molecule has 30 heavy (non-hydrogen) atoms. The molecule has 1 amide bonds. The third kappa shape index (κ3) is 5.78. The molecule has 3 aromatic rings. The number of carbonyl (C=O) groups excluding carboxylic acids is 1. The molecule has 0 fully saturated rings. The summed E-state index contributed by atoms with van der Waals surface area (Å²) in [6, 6.07) is 14.1. The number of ether oxygens (including phenoxy) is 2. The van der Waals surface area contributed by atoms with E-state index in [0.717, 1.165) is 5.56 Å². The first-order chi connectivity index (χ1) is 14.6. The summed E-state index contributed by atoms with van der Waals surface area (Å²) in [4.78, 5) is 21.1. The van der Waals surface area contributed by atoms with Crippen molar-refractivity contribution in [1.82, 2.24) is 10.3 Å². The monoisotopic (exact) mass is 408 g/mol. The number of aromatic nitrogens is 1. The number of aliphatic imine (C=N–C) groups is 1. The summed E-state index contributed by atoms with van der Waals surface area (Å²) < 4.78 is 23.7. The third-order valence-electron chi connectivity index (χ3n) is 4.12. The Morgan fingerprint density at radius 3 is 2.23 bits per heavy atom. The molecule has 1 aromatic heterocycles. The van der Waals surface area contributed by atoms with Gasteiger partial charge in [0.25, 0.3) is 5.91 Å². The number of halogens is 1. The van der Waals surface area contributed by atoms with E-state index in [1.54, 1.807) is 44.8 Å². The molecule has 7 nitrogen and oxygen atoms in total. The number of rotatable bonds is 6. The lowest BCUT2D eigenvalue weighted by molar-refractivity contribution is 0.0977. The number of hydrogen-bond acceptors (Lipinski definition) is 5. The van der Waals surface area contributed by atoms with Crippen LogP contribution in [-0.2, 0) is 6.54 Å². The molecule has 0 spiro atoms. The van der Waals surface area contributed by atoms with Gasteiger partial charge in [0.15, 0.2) is 0 Å². The molecule has 3 rings (SSSR count). The molecule has 8 heteroatoms. The number of nitrogens with one attached hydrogen (secondary N) is 2. The molecule has 0 unspecified atom stereocenters. The van der Waals surface area contributed by atoms with Crippen LogP contribution >= 0.6 is 0 Å². The van der Waals surface area contributed by atoms with E-state index < -0.39 is 11.7 Å². The van der Waals surface area contributed by atoms with Crippen LogP contribution in [0.2, 0.25) is 0 Å². The predicted molar refractivity (Wildman–Crippen MR) is 112 cm³/mol. The number of methoxy groups -OCH3 is 2. The van der Waals surface area contributed by atoms with Crippen LogP contribution in [0.25, 0.3) is 0 Å². The number of guanidine groups is 1. The van der Waals surface area contributed by atoms with Crippen molar-refractivity contribution in [2.75, 3.05) is 19.5 Å². The lowest BCUT2D eigenvalue weighted by atomic mass is 10.2. The summed E-state index contributed by atoms with van der Waals surface area (Å²) in [5.41, 5.74) is 1.83. The molecule has 1 heterocycles. The molecule has 0 radical (unpaired) electrons. The van der Waals surface area contributed by atoms with Crippen molar-refractivity contribution in [2.45, 2.75) is 6.54 Å². The summed E-state index contributed by atoms with van der Waals surface area (Å²) in [7, 11) is 3.10. The first-order valence-corrected chi connectivity index (χ1v) is 9.08. The SMILES string of the molecule is COc1cc(NC(=NCc2ccncc2)NC(=O)c2ccc(F)cc2)cc(OC)c1. The van der Waals surface area contributed by atoms with Crippen LogP contribution in [0.1, 0.15) is 15.9 Å². The highest BCUT2D eigenvalue weighted by molar-refractivity contribution is 6.10. The highest BCUT2D eigenvalue weighted by Crippen LogP contribution is 2.25. The Bertz CT molecular complexity index is 1000. The topological polar surface area (TPSA) is 84.8 Å². The van der Waals surface area contributed by atoms with E-state index >= 15 is 0 Å². The molecular formula is C22H21FN4O3. The van der Waals surface area contributed by atoms with E-state index in [2.05, 4.69) is 20.6 Å². The Morgan fingerprint density at radius 2 is 1.63 bits per heavy atom. The smallest absolute Gasteiger partial charge is 0.257 e. The quantitative estimate of drug-likeness (QED) is 0.481. The van der Waals surface area contributed by atoms with Gasteiger partial charge in [0.2, 0.25) is 5.96 Å². The maximum atomic E-state index is 13.2. The normalized spacial score (nSPS) is 11.0. The van der Waals surface area contributed by atoms with E-state index in [0.29, 0.717) is 29.3 Å². The van der Waals surface area contributed by atoms with Crippen LogP contribution in [-0.4, -0.2) is 31.1 Å². The van der Waals surface area contributed by atoms with Gasteiger partial charge in [-0.05, 0) is 42.0 Å². The zero-order chi connectivity index (χ0) is 21.3. The van der Waals surface area contributed by atoms with Gasteiger partial charge in [-0.2, -0.15) is 0 Å². The van der Waals surface area contributed by atoms with Gasteiger partial charge >= 0.3 is 0 Å². The Labute approximate surface area is 173 Å². The maximum absolute atomic E-state index is 13.2. The zero-order valence-electron chi connectivity index (χ0n) is 16.6. The van der Waals surface area contributed by atoms with Crippen molar-refractivity contribution >= 4 is 17.6 Å². The van der Waals surface area contributed by atoms with Crippen molar-refractivity contribution in [3.05, 3.63) is 83.9 Å². The van der Waals surface area contributed by atoms with Crippen molar-refractivity contribution in [3.8, 4) is 11.5 Å². The lowest BCUT2D eigenvalue weighted by Crippen LogP contribution is -2.36. The van der Waals surface area contributed by atoms with E-state index in [-0.39, 0.29) is 5.96 Å². The van der Waals surface area contributed by atoms with Gasteiger partial charge in [-0.25, -0.2) is 9.38 Å². The van der Waals surface area contributed by atoms with Crippen LogP contribution in [0.4, 0.5) is 10.1 Å². The number of carbonyl (C=O) groups is 1. The fourth-order valence-corrected chi connectivity index (χ4v) is 2.57. The largest absolute Gasteiger partial charge is 0.497 e. The van der Waals surface area contributed by atoms with Crippen LogP contribution in [0.15, 0.2) is 72.0 Å². The average Bonchev–Trinajstić information content (AvgIpc) is 2.78. The standard InChI is InChI=1S/C22H21FN4O3/c1-29-19-11-18(12-20(13-19)30-2)26-22(25-14-15-7-9-24-10-8-15)27-21(28)16-3-5-17(23)6-4-16/h3-13H,14H2,1-2H3,(H2,25,26,27,28). The number of hydrogen-bond donors (Lipinski definition) is 2. The Hall–Kier alpha value is -3.94. The van der Waals surface area contributed by atoms with E-state index in [9.17, 15) is 9.18 Å². The second kappa shape index (κ2) is 10.0. The third-order valence-corrected chi connectivity index (χ3v) is 4.12. The Balaban J connectivity index is 1.85. The summed E-state index contributed by atoms with van der Waals surface area (Å²) in [5.74, 6) is 0.535. The van der Waals surface area contributed by atoms with Crippen LogP contribution < -0.4 is 20.1 Å². The molecule has 2 aromatic carbocycles. The molecule has 0 saturated heterocycles. The second-order valence-corrected chi connectivity index (χ2v) is 6.21. The molecule has 0 aliphatic rings. The zero-order valence-corrected chi connectivity index (χ0v) is 16.6. The number of nitrogens with zero attached hydrogens (tertiary/aromatic N) is 2. The minimum Gasteiger partial charge on any atom is -0.497 e. The molecule has 0 bridgehead atoms. The molecule has 0 atom stereocenters. The van der Waals surface area contributed by atoms with Gasteiger partial charge in [-0.3, -0.25) is 15.1 Å². The van der Waals surface area contributed by atoms with Gasteiger partial charge in [0, 0.05) is 41.8 Å². The number of benzene rings is 2. The predicted octanol–water partition coefficient (Wildman–Crippen LogP) is 3.64. The molecule has 154 valence electrons. The molecule has 2 N–H and O–H groups in total. The molecule has 0 aliphatic heterocycles. The average molecular weight is 408 g/mol. The van der Waals surface area contributed by atoms with E-state index in [4.69, 9.17) is 9.47 Å². The Morgan fingerprint density at radius 1 is 1.00 bits per heavy atom. The summed E-state index contributed by atoms with van der Waals surface area (Å²) >= 11 is 0. The minimum atomic E-state index is -0.425. The second-order valence-electron chi connectivity index (χ2n) is 6.21. The van der Waals surface area contributed by atoms with Crippen molar-refractivity contribution in [2.24, 2.45) is 4.99 Å². The van der Waals surface area contributed by atoms with E-state index in [1.807, 2.05) is 12.1 Å². The highest BCUT2D eigenvalue weighted by atomic mass is 19.1.